The normalized spacial score (nSPS) is 23.3. The number of ether oxygens (including phenoxy) is 2. The summed E-state index contributed by atoms with van der Waals surface area (Å²) in [5, 5.41) is 0. The van der Waals surface area contributed by atoms with Gasteiger partial charge in [0.15, 0.2) is 0 Å². The molecule has 1 aromatic carbocycles. The fraction of sp³-hybridized carbons (Fsp3) is 0.625. The van der Waals surface area contributed by atoms with E-state index < -0.39 is 0 Å². The van der Waals surface area contributed by atoms with E-state index in [4.69, 9.17) is 15.2 Å². The molecule has 0 aliphatic heterocycles. The Hall–Kier alpha value is -1.06. The van der Waals surface area contributed by atoms with E-state index in [0.29, 0.717) is 12.6 Å². The summed E-state index contributed by atoms with van der Waals surface area (Å²) in [6, 6.07) is 6.36. The van der Waals surface area contributed by atoms with Crippen molar-refractivity contribution < 1.29 is 9.47 Å². The van der Waals surface area contributed by atoms with E-state index in [1.165, 1.54) is 17.5 Å². The molecule has 3 nitrogen and oxygen atoms in total. The second-order valence-corrected chi connectivity index (χ2v) is 5.41. The van der Waals surface area contributed by atoms with Gasteiger partial charge in [-0.3, -0.25) is 0 Å². The van der Waals surface area contributed by atoms with Crippen molar-refractivity contribution in [2.75, 3.05) is 13.7 Å². The lowest BCUT2D eigenvalue weighted by molar-refractivity contribution is 0.0207. The van der Waals surface area contributed by atoms with Gasteiger partial charge in [0.25, 0.3) is 0 Å². The van der Waals surface area contributed by atoms with E-state index >= 15 is 0 Å². The van der Waals surface area contributed by atoms with Gasteiger partial charge in [0.2, 0.25) is 0 Å². The lowest BCUT2D eigenvalue weighted by Gasteiger charge is -2.29. The first kappa shape index (κ1) is 14.4. The number of aryl methyl sites for hydroxylation is 1. The highest BCUT2D eigenvalue weighted by Gasteiger charge is 2.23. The number of methoxy groups -OCH3 is 1. The van der Waals surface area contributed by atoms with Crippen LogP contribution in [-0.4, -0.2) is 25.9 Å². The van der Waals surface area contributed by atoms with E-state index in [1.54, 1.807) is 7.11 Å². The van der Waals surface area contributed by atoms with E-state index in [9.17, 15) is 0 Å². The summed E-state index contributed by atoms with van der Waals surface area (Å²) in [5.74, 6) is 0.998. The van der Waals surface area contributed by atoms with Gasteiger partial charge in [0, 0.05) is 13.5 Å². The molecule has 0 saturated heterocycles. The average Bonchev–Trinajstić information content (AvgIpc) is 2.42. The minimum Gasteiger partial charge on any atom is -0.490 e. The zero-order valence-corrected chi connectivity index (χ0v) is 12.0. The first-order valence-electron chi connectivity index (χ1n) is 7.22. The Morgan fingerprint density at radius 1 is 1.26 bits per heavy atom. The number of rotatable bonds is 5. The molecule has 1 fully saturated rings. The largest absolute Gasteiger partial charge is 0.490 e. The van der Waals surface area contributed by atoms with Crippen molar-refractivity contribution in [2.45, 2.75) is 51.2 Å². The molecular formula is C16H25NO2. The first-order chi connectivity index (χ1) is 9.22. The van der Waals surface area contributed by atoms with Crippen LogP contribution in [0.15, 0.2) is 18.2 Å². The molecule has 0 bridgehead atoms. The van der Waals surface area contributed by atoms with Gasteiger partial charge in [0.1, 0.15) is 11.9 Å². The lowest BCUT2D eigenvalue weighted by Crippen LogP contribution is -2.29. The lowest BCUT2D eigenvalue weighted by atomic mass is 9.94. The Labute approximate surface area is 116 Å². The van der Waals surface area contributed by atoms with Crippen molar-refractivity contribution in [3.05, 3.63) is 29.3 Å². The number of nitrogens with two attached hydrogens (primary N) is 1. The predicted molar refractivity (Wildman–Crippen MR) is 77.6 cm³/mol. The van der Waals surface area contributed by atoms with Crippen LogP contribution in [0.3, 0.4) is 0 Å². The maximum atomic E-state index is 6.19. The van der Waals surface area contributed by atoms with Crippen molar-refractivity contribution in [2.24, 2.45) is 5.73 Å². The van der Waals surface area contributed by atoms with Gasteiger partial charge >= 0.3 is 0 Å². The Bertz CT molecular complexity index is 406. The number of benzene rings is 1. The van der Waals surface area contributed by atoms with Crippen LogP contribution in [-0.2, 0) is 11.2 Å². The fourth-order valence-corrected chi connectivity index (χ4v) is 2.78. The van der Waals surface area contributed by atoms with Gasteiger partial charge in [-0.2, -0.15) is 0 Å². The average molecular weight is 263 g/mol. The minimum atomic E-state index is 0.276. The third-order valence-corrected chi connectivity index (χ3v) is 3.83. The van der Waals surface area contributed by atoms with Gasteiger partial charge in [-0.15, -0.1) is 0 Å². The van der Waals surface area contributed by atoms with Crippen LogP contribution in [0.4, 0.5) is 0 Å². The highest BCUT2D eigenvalue weighted by atomic mass is 16.5. The summed E-state index contributed by atoms with van der Waals surface area (Å²) in [7, 11) is 1.79. The maximum absolute atomic E-state index is 6.19. The SMILES string of the molecule is COC1CCCC(Oc2ccc(C)cc2CCN)C1. The Morgan fingerprint density at radius 2 is 2.05 bits per heavy atom. The molecule has 0 spiro atoms. The minimum absolute atomic E-state index is 0.276. The molecule has 2 unspecified atom stereocenters. The third kappa shape index (κ3) is 3.95. The smallest absolute Gasteiger partial charge is 0.122 e. The van der Waals surface area contributed by atoms with Crippen molar-refractivity contribution in [3.63, 3.8) is 0 Å². The van der Waals surface area contributed by atoms with Crippen LogP contribution in [0.25, 0.3) is 0 Å². The highest BCUT2D eigenvalue weighted by Crippen LogP contribution is 2.28. The zero-order chi connectivity index (χ0) is 13.7. The Kier molecular flexibility index (Phi) is 5.23. The third-order valence-electron chi connectivity index (χ3n) is 3.83. The van der Waals surface area contributed by atoms with Crippen LogP contribution in [0.5, 0.6) is 5.75 Å². The summed E-state index contributed by atoms with van der Waals surface area (Å²) in [5.41, 5.74) is 8.16. The summed E-state index contributed by atoms with van der Waals surface area (Å²) < 4.78 is 11.6. The van der Waals surface area contributed by atoms with E-state index in [2.05, 4.69) is 25.1 Å². The van der Waals surface area contributed by atoms with Gasteiger partial charge < -0.3 is 15.2 Å². The molecule has 2 atom stereocenters. The zero-order valence-electron chi connectivity index (χ0n) is 12.0. The number of hydrogen-bond acceptors (Lipinski definition) is 3. The van der Waals surface area contributed by atoms with E-state index in [0.717, 1.165) is 31.4 Å². The molecule has 1 aromatic rings. The maximum Gasteiger partial charge on any atom is 0.122 e. The van der Waals surface area contributed by atoms with Crippen molar-refractivity contribution in [1.82, 2.24) is 0 Å². The quantitative estimate of drug-likeness (QED) is 0.888. The molecule has 2 rings (SSSR count). The summed E-state index contributed by atoms with van der Waals surface area (Å²) in [6.07, 6.45) is 5.95. The van der Waals surface area contributed by atoms with Gasteiger partial charge in [-0.05, 0) is 50.8 Å². The molecule has 19 heavy (non-hydrogen) atoms. The highest BCUT2D eigenvalue weighted by molar-refractivity contribution is 5.37. The molecule has 106 valence electrons. The molecule has 2 N–H and O–H groups in total. The van der Waals surface area contributed by atoms with E-state index in [-0.39, 0.29) is 6.10 Å². The van der Waals surface area contributed by atoms with Gasteiger partial charge in [-0.1, -0.05) is 17.7 Å². The summed E-state index contributed by atoms with van der Waals surface area (Å²) in [4.78, 5) is 0. The van der Waals surface area contributed by atoms with Crippen molar-refractivity contribution in [3.8, 4) is 5.75 Å². The predicted octanol–water partition coefficient (Wildman–Crippen LogP) is 2.83. The van der Waals surface area contributed by atoms with Crippen LogP contribution >= 0.6 is 0 Å². The fourth-order valence-electron chi connectivity index (χ4n) is 2.78. The molecular weight excluding hydrogens is 238 g/mol. The number of hydrogen-bond donors (Lipinski definition) is 1. The van der Waals surface area contributed by atoms with Crippen LogP contribution in [0.2, 0.25) is 0 Å². The van der Waals surface area contributed by atoms with E-state index in [1.807, 2.05) is 0 Å². The van der Waals surface area contributed by atoms with Gasteiger partial charge in [-0.25, -0.2) is 0 Å². The second-order valence-electron chi connectivity index (χ2n) is 5.41. The topological polar surface area (TPSA) is 44.5 Å². The monoisotopic (exact) mass is 263 g/mol. The van der Waals surface area contributed by atoms with Crippen molar-refractivity contribution in [1.29, 1.82) is 0 Å². The summed E-state index contributed by atoms with van der Waals surface area (Å²) in [6.45, 7) is 2.76. The van der Waals surface area contributed by atoms with Gasteiger partial charge in [0.05, 0.1) is 6.10 Å². The first-order valence-corrected chi connectivity index (χ1v) is 7.22. The standard InChI is InChI=1S/C16H25NO2/c1-12-6-7-16(13(10-12)8-9-17)19-15-5-3-4-14(11-15)18-2/h6-7,10,14-15H,3-5,8-9,11,17H2,1-2H3. The van der Waals surface area contributed by atoms with Crippen LogP contribution < -0.4 is 10.5 Å². The van der Waals surface area contributed by atoms with Crippen LogP contribution in [0, 0.1) is 6.92 Å². The molecule has 0 radical (unpaired) electrons. The summed E-state index contributed by atoms with van der Waals surface area (Å²) >= 11 is 0. The molecule has 0 amide bonds. The molecule has 1 aliphatic rings. The van der Waals surface area contributed by atoms with Crippen LogP contribution in [0.1, 0.15) is 36.8 Å². The molecule has 1 aliphatic carbocycles. The molecule has 0 aromatic heterocycles. The molecule has 1 saturated carbocycles. The molecule has 0 heterocycles. The van der Waals surface area contributed by atoms with Crippen molar-refractivity contribution >= 4 is 0 Å². The Balaban J connectivity index is 2.05. The second kappa shape index (κ2) is 6.92. The molecule has 3 heteroatoms. The Morgan fingerprint density at radius 3 is 2.79 bits per heavy atom.